The van der Waals surface area contributed by atoms with Gasteiger partial charge in [0.15, 0.2) is 5.60 Å². The van der Waals surface area contributed by atoms with E-state index in [4.69, 9.17) is 4.74 Å². The lowest BCUT2D eigenvalue weighted by Gasteiger charge is -2.23. The Morgan fingerprint density at radius 1 is 1.44 bits per heavy atom. The maximum absolute atomic E-state index is 11.4. The summed E-state index contributed by atoms with van der Waals surface area (Å²) in [6.45, 7) is 3.36. The van der Waals surface area contributed by atoms with E-state index in [1.807, 2.05) is 24.3 Å². The van der Waals surface area contributed by atoms with Gasteiger partial charge in [-0.25, -0.2) is 4.79 Å². The van der Waals surface area contributed by atoms with Crippen molar-refractivity contribution >= 4 is 21.9 Å². The molecule has 1 aromatic rings. The van der Waals surface area contributed by atoms with Crippen molar-refractivity contribution in [2.75, 3.05) is 7.11 Å². The van der Waals surface area contributed by atoms with E-state index in [0.717, 1.165) is 10.9 Å². The first-order valence-electron chi connectivity index (χ1n) is 4.92. The molecule has 0 aromatic heterocycles. The number of ether oxygens (including phenoxy) is 2. The molecule has 0 radical (unpaired) electrons. The summed E-state index contributed by atoms with van der Waals surface area (Å²) in [7, 11) is 1.35. The Kier molecular flexibility index (Phi) is 4.35. The normalized spacial score (nSPS) is 11.0. The first-order chi connectivity index (χ1) is 7.49. The minimum absolute atomic E-state index is 0.392. The van der Waals surface area contributed by atoms with E-state index < -0.39 is 11.6 Å². The fraction of sp³-hybridized carbons (Fsp3) is 0.417. The van der Waals surface area contributed by atoms with Gasteiger partial charge in [0.25, 0.3) is 0 Å². The molecule has 0 heterocycles. The van der Waals surface area contributed by atoms with Gasteiger partial charge in [-0.2, -0.15) is 0 Å². The van der Waals surface area contributed by atoms with Crippen LogP contribution >= 0.6 is 15.9 Å². The summed E-state index contributed by atoms with van der Waals surface area (Å²) in [6, 6.07) is 7.57. The smallest absolute Gasteiger partial charge is 0.349 e. The molecule has 0 saturated heterocycles. The summed E-state index contributed by atoms with van der Waals surface area (Å²) in [5.74, 6) is 0.268. The molecular weight excluding hydrogens is 272 g/mol. The SMILES string of the molecule is COC(=O)C(C)(C)Oc1cccc(CBr)c1. The van der Waals surface area contributed by atoms with Crippen LogP contribution in [0, 0.1) is 0 Å². The fourth-order valence-corrected chi connectivity index (χ4v) is 1.62. The van der Waals surface area contributed by atoms with Crippen LogP contribution in [0.1, 0.15) is 19.4 Å². The Labute approximate surface area is 104 Å². The van der Waals surface area contributed by atoms with Crippen molar-refractivity contribution in [1.82, 2.24) is 0 Å². The predicted molar refractivity (Wildman–Crippen MR) is 65.8 cm³/mol. The molecule has 0 spiro atoms. The van der Waals surface area contributed by atoms with Gasteiger partial charge in [-0.15, -0.1) is 0 Å². The number of hydrogen-bond acceptors (Lipinski definition) is 3. The van der Waals surface area contributed by atoms with Gasteiger partial charge in [-0.1, -0.05) is 28.1 Å². The Morgan fingerprint density at radius 3 is 2.69 bits per heavy atom. The van der Waals surface area contributed by atoms with Crippen LogP contribution in [0.3, 0.4) is 0 Å². The van der Waals surface area contributed by atoms with Crippen LogP contribution in [0.5, 0.6) is 5.75 Å². The minimum Gasteiger partial charge on any atom is -0.476 e. The summed E-state index contributed by atoms with van der Waals surface area (Å²) in [5, 5.41) is 0.753. The third-order valence-electron chi connectivity index (χ3n) is 2.10. The monoisotopic (exact) mass is 286 g/mol. The molecule has 0 aliphatic rings. The van der Waals surface area contributed by atoms with Crippen molar-refractivity contribution in [2.45, 2.75) is 24.8 Å². The maximum Gasteiger partial charge on any atom is 0.349 e. The Bertz CT molecular complexity index is 374. The zero-order valence-corrected chi connectivity index (χ0v) is 11.2. The van der Waals surface area contributed by atoms with Crippen molar-refractivity contribution in [1.29, 1.82) is 0 Å². The van der Waals surface area contributed by atoms with Gasteiger partial charge in [0, 0.05) is 5.33 Å². The highest BCUT2D eigenvalue weighted by Crippen LogP contribution is 2.21. The average Bonchev–Trinajstić information content (AvgIpc) is 2.27. The molecule has 0 aliphatic heterocycles. The van der Waals surface area contributed by atoms with Crippen molar-refractivity contribution < 1.29 is 14.3 Å². The number of methoxy groups -OCH3 is 1. The van der Waals surface area contributed by atoms with Gasteiger partial charge in [-0.3, -0.25) is 0 Å². The molecule has 0 saturated carbocycles. The third-order valence-corrected chi connectivity index (χ3v) is 2.75. The lowest BCUT2D eigenvalue weighted by molar-refractivity contribution is -0.156. The molecule has 16 heavy (non-hydrogen) atoms. The average molecular weight is 287 g/mol. The van der Waals surface area contributed by atoms with E-state index in [2.05, 4.69) is 20.7 Å². The number of benzene rings is 1. The summed E-state index contributed by atoms with van der Waals surface area (Å²) < 4.78 is 10.3. The lowest BCUT2D eigenvalue weighted by atomic mass is 10.1. The number of rotatable bonds is 4. The summed E-state index contributed by atoms with van der Waals surface area (Å²) in [5.41, 5.74) is 0.123. The van der Waals surface area contributed by atoms with E-state index in [-0.39, 0.29) is 0 Å². The van der Waals surface area contributed by atoms with E-state index in [0.29, 0.717) is 5.75 Å². The van der Waals surface area contributed by atoms with Gasteiger partial charge in [0.1, 0.15) is 5.75 Å². The van der Waals surface area contributed by atoms with Gasteiger partial charge < -0.3 is 9.47 Å². The summed E-state index contributed by atoms with van der Waals surface area (Å²) in [4.78, 5) is 11.4. The molecule has 0 bridgehead atoms. The van der Waals surface area contributed by atoms with E-state index in [9.17, 15) is 4.79 Å². The van der Waals surface area contributed by atoms with Gasteiger partial charge in [0.05, 0.1) is 7.11 Å². The molecule has 1 aromatic carbocycles. The van der Waals surface area contributed by atoms with Crippen LogP contribution in [-0.2, 0) is 14.9 Å². The zero-order chi connectivity index (χ0) is 12.2. The zero-order valence-electron chi connectivity index (χ0n) is 9.62. The van der Waals surface area contributed by atoms with Crippen molar-refractivity contribution in [2.24, 2.45) is 0 Å². The van der Waals surface area contributed by atoms with Crippen LogP contribution in [0.2, 0.25) is 0 Å². The van der Waals surface area contributed by atoms with E-state index >= 15 is 0 Å². The standard InChI is InChI=1S/C12H15BrO3/c1-12(2,11(14)15-3)16-10-6-4-5-9(7-10)8-13/h4-7H,8H2,1-3H3. The fourth-order valence-electron chi connectivity index (χ4n) is 1.27. The molecule has 0 N–H and O–H groups in total. The number of alkyl halides is 1. The highest BCUT2D eigenvalue weighted by molar-refractivity contribution is 9.08. The topological polar surface area (TPSA) is 35.5 Å². The maximum atomic E-state index is 11.4. The Hall–Kier alpha value is -1.03. The third kappa shape index (κ3) is 3.23. The van der Waals surface area contributed by atoms with Gasteiger partial charge >= 0.3 is 5.97 Å². The molecule has 0 aliphatic carbocycles. The second-order valence-corrected chi connectivity index (χ2v) is 4.45. The number of carbonyl (C=O) groups excluding carboxylic acids is 1. The minimum atomic E-state index is -0.973. The lowest BCUT2D eigenvalue weighted by Crippen LogP contribution is -2.39. The van der Waals surface area contributed by atoms with Gasteiger partial charge in [0.2, 0.25) is 0 Å². The van der Waals surface area contributed by atoms with Crippen molar-refractivity contribution in [3.63, 3.8) is 0 Å². The van der Waals surface area contributed by atoms with E-state index in [1.165, 1.54) is 7.11 Å². The Morgan fingerprint density at radius 2 is 2.12 bits per heavy atom. The van der Waals surface area contributed by atoms with Crippen LogP contribution in [-0.4, -0.2) is 18.7 Å². The largest absolute Gasteiger partial charge is 0.476 e. The highest BCUT2D eigenvalue weighted by Gasteiger charge is 2.30. The number of esters is 1. The van der Waals surface area contributed by atoms with E-state index in [1.54, 1.807) is 13.8 Å². The molecule has 0 fully saturated rings. The second-order valence-electron chi connectivity index (χ2n) is 3.88. The molecule has 88 valence electrons. The number of halogens is 1. The molecule has 1 rings (SSSR count). The van der Waals surface area contributed by atoms with Crippen LogP contribution in [0.15, 0.2) is 24.3 Å². The molecule has 0 unspecified atom stereocenters. The molecular formula is C12H15BrO3. The summed E-state index contributed by atoms with van der Waals surface area (Å²) >= 11 is 3.37. The molecule has 3 nitrogen and oxygen atoms in total. The van der Waals surface area contributed by atoms with Crippen LogP contribution < -0.4 is 4.74 Å². The number of hydrogen-bond donors (Lipinski definition) is 0. The second kappa shape index (κ2) is 5.34. The van der Waals surface area contributed by atoms with Crippen LogP contribution in [0.4, 0.5) is 0 Å². The van der Waals surface area contributed by atoms with Crippen molar-refractivity contribution in [3.05, 3.63) is 29.8 Å². The first-order valence-corrected chi connectivity index (χ1v) is 6.04. The molecule has 4 heteroatoms. The quantitative estimate of drug-likeness (QED) is 0.631. The van der Waals surface area contributed by atoms with Crippen LogP contribution in [0.25, 0.3) is 0 Å². The van der Waals surface area contributed by atoms with Crippen molar-refractivity contribution in [3.8, 4) is 5.75 Å². The predicted octanol–water partition coefficient (Wildman–Crippen LogP) is 2.91. The first kappa shape index (κ1) is 13.0. The summed E-state index contributed by atoms with van der Waals surface area (Å²) in [6.07, 6.45) is 0. The molecule has 0 amide bonds. The van der Waals surface area contributed by atoms with Gasteiger partial charge in [-0.05, 0) is 31.5 Å². The highest BCUT2D eigenvalue weighted by atomic mass is 79.9. The number of carbonyl (C=O) groups is 1. The Balaban J connectivity index is 2.83. The molecule has 0 atom stereocenters.